The molecule has 1 aliphatic rings. The zero-order valence-electron chi connectivity index (χ0n) is 13.1. The normalized spacial score (nSPS) is 20.0. The van der Waals surface area contributed by atoms with Gasteiger partial charge in [0.15, 0.2) is 0 Å². The Morgan fingerprint density at radius 3 is 2.38 bits per heavy atom. The van der Waals surface area contributed by atoms with Gasteiger partial charge in [-0.1, -0.05) is 13.8 Å². The molecule has 7 heteroatoms. The molecule has 1 saturated heterocycles. The number of hydrogen-bond donors (Lipinski definition) is 2. The van der Waals surface area contributed by atoms with E-state index < -0.39 is 12.0 Å². The van der Waals surface area contributed by atoms with E-state index in [9.17, 15) is 14.4 Å². The summed E-state index contributed by atoms with van der Waals surface area (Å²) >= 11 is 0. The van der Waals surface area contributed by atoms with Gasteiger partial charge >= 0.3 is 12.0 Å². The minimum absolute atomic E-state index is 0.119. The fourth-order valence-electron chi connectivity index (χ4n) is 2.43. The second-order valence-corrected chi connectivity index (χ2v) is 6.03. The van der Waals surface area contributed by atoms with Crippen LogP contribution in [-0.2, 0) is 9.59 Å². The van der Waals surface area contributed by atoms with Gasteiger partial charge in [-0.15, -0.1) is 0 Å². The first-order valence-corrected chi connectivity index (χ1v) is 7.23. The van der Waals surface area contributed by atoms with Crippen LogP contribution < -0.4 is 5.32 Å². The van der Waals surface area contributed by atoms with E-state index in [2.05, 4.69) is 5.32 Å². The zero-order valence-corrected chi connectivity index (χ0v) is 13.1. The van der Waals surface area contributed by atoms with Gasteiger partial charge in [0.05, 0.1) is 5.92 Å². The van der Waals surface area contributed by atoms with E-state index in [1.165, 1.54) is 4.90 Å². The van der Waals surface area contributed by atoms with E-state index in [0.29, 0.717) is 19.5 Å². The molecule has 0 saturated carbocycles. The maximum Gasteiger partial charge on any atom is 0.326 e. The molecule has 3 amide bonds. The molecule has 21 heavy (non-hydrogen) atoms. The molecule has 0 bridgehead atoms. The summed E-state index contributed by atoms with van der Waals surface area (Å²) in [6.07, 6.45) is 1.42. The number of amides is 3. The average molecular weight is 299 g/mol. The van der Waals surface area contributed by atoms with Crippen LogP contribution in [0.1, 0.15) is 26.7 Å². The lowest BCUT2D eigenvalue weighted by atomic mass is 9.96. The van der Waals surface area contributed by atoms with Crippen LogP contribution in [0.4, 0.5) is 4.79 Å². The molecule has 1 aliphatic heterocycles. The Balaban J connectivity index is 2.65. The van der Waals surface area contributed by atoms with E-state index >= 15 is 0 Å². The number of likely N-dealkylation sites (tertiary alicyclic amines) is 1. The number of piperidine rings is 1. The number of hydrogen-bond acceptors (Lipinski definition) is 3. The highest BCUT2D eigenvalue weighted by Gasteiger charge is 2.32. The van der Waals surface area contributed by atoms with E-state index in [0.717, 1.165) is 6.42 Å². The summed E-state index contributed by atoms with van der Waals surface area (Å²) < 4.78 is 0. The molecule has 0 aromatic heterocycles. The van der Waals surface area contributed by atoms with Crippen molar-refractivity contribution in [3.05, 3.63) is 0 Å². The minimum Gasteiger partial charge on any atom is -0.480 e. The average Bonchev–Trinajstić information content (AvgIpc) is 2.42. The van der Waals surface area contributed by atoms with Gasteiger partial charge in [-0.3, -0.25) is 4.79 Å². The maximum absolute atomic E-state index is 12.2. The number of aliphatic carboxylic acids is 1. The zero-order chi connectivity index (χ0) is 16.2. The highest BCUT2D eigenvalue weighted by molar-refractivity contribution is 5.86. The molecule has 7 nitrogen and oxygen atoms in total. The smallest absolute Gasteiger partial charge is 0.326 e. The van der Waals surface area contributed by atoms with Crippen molar-refractivity contribution < 1.29 is 19.5 Å². The fraction of sp³-hybridized carbons (Fsp3) is 0.786. The van der Waals surface area contributed by atoms with Crippen LogP contribution in [0.25, 0.3) is 0 Å². The van der Waals surface area contributed by atoms with Crippen molar-refractivity contribution in [1.82, 2.24) is 15.1 Å². The molecule has 1 fully saturated rings. The molecule has 0 aromatic rings. The van der Waals surface area contributed by atoms with Crippen molar-refractivity contribution in [1.29, 1.82) is 0 Å². The van der Waals surface area contributed by atoms with Crippen molar-refractivity contribution >= 4 is 17.9 Å². The number of carbonyl (C=O) groups is 3. The second-order valence-electron chi connectivity index (χ2n) is 6.03. The van der Waals surface area contributed by atoms with Crippen LogP contribution in [0, 0.1) is 11.8 Å². The SMILES string of the molecule is CC(C)C(NC(=O)C1CCCN(C(=O)N(C)C)C1)C(=O)O. The second kappa shape index (κ2) is 7.28. The van der Waals surface area contributed by atoms with E-state index in [1.807, 2.05) is 0 Å². The monoisotopic (exact) mass is 299 g/mol. The summed E-state index contributed by atoms with van der Waals surface area (Å²) in [4.78, 5) is 38.4. The predicted molar refractivity (Wildman–Crippen MR) is 77.8 cm³/mol. The van der Waals surface area contributed by atoms with Crippen LogP contribution in [-0.4, -0.2) is 66.0 Å². The summed E-state index contributed by atoms with van der Waals surface area (Å²) in [7, 11) is 3.34. The van der Waals surface area contributed by atoms with Crippen LogP contribution in [0.3, 0.4) is 0 Å². The third-order valence-corrected chi connectivity index (χ3v) is 3.68. The molecule has 0 radical (unpaired) electrons. The van der Waals surface area contributed by atoms with Gasteiger partial charge in [-0.2, -0.15) is 0 Å². The highest BCUT2D eigenvalue weighted by atomic mass is 16.4. The number of urea groups is 1. The van der Waals surface area contributed by atoms with Crippen LogP contribution in [0.2, 0.25) is 0 Å². The molecule has 2 unspecified atom stereocenters. The van der Waals surface area contributed by atoms with E-state index in [-0.39, 0.29) is 23.8 Å². The van der Waals surface area contributed by atoms with Crippen molar-refractivity contribution in [2.45, 2.75) is 32.7 Å². The van der Waals surface area contributed by atoms with E-state index in [1.54, 1.807) is 32.8 Å². The van der Waals surface area contributed by atoms with Crippen LogP contribution >= 0.6 is 0 Å². The number of carbonyl (C=O) groups excluding carboxylic acids is 2. The van der Waals surface area contributed by atoms with Gasteiger partial charge in [0.25, 0.3) is 0 Å². The first-order chi connectivity index (χ1) is 9.73. The van der Waals surface area contributed by atoms with Gasteiger partial charge in [0.2, 0.25) is 5.91 Å². The molecular formula is C14H25N3O4. The number of nitrogens with zero attached hydrogens (tertiary/aromatic N) is 2. The summed E-state index contributed by atoms with van der Waals surface area (Å²) in [6.45, 7) is 4.48. The molecule has 1 rings (SSSR count). The Bertz CT molecular complexity index is 409. The summed E-state index contributed by atoms with van der Waals surface area (Å²) in [5.41, 5.74) is 0. The molecule has 2 atom stereocenters. The van der Waals surface area contributed by atoms with Crippen LogP contribution in [0.15, 0.2) is 0 Å². The topological polar surface area (TPSA) is 90.0 Å². The van der Waals surface area contributed by atoms with Gasteiger partial charge in [-0.25, -0.2) is 9.59 Å². The van der Waals surface area contributed by atoms with Gasteiger partial charge in [-0.05, 0) is 18.8 Å². The quantitative estimate of drug-likeness (QED) is 0.795. The fourth-order valence-corrected chi connectivity index (χ4v) is 2.43. The molecule has 120 valence electrons. The Morgan fingerprint density at radius 2 is 1.90 bits per heavy atom. The maximum atomic E-state index is 12.2. The lowest BCUT2D eigenvalue weighted by Crippen LogP contribution is -2.52. The molecule has 0 spiro atoms. The Morgan fingerprint density at radius 1 is 1.29 bits per heavy atom. The van der Waals surface area contributed by atoms with Gasteiger partial charge < -0.3 is 20.2 Å². The molecule has 0 aliphatic carbocycles. The third kappa shape index (κ3) is 4.61. The largest absolute Gasteiger partial charge is 0.480 e. The first-order valence-electron chi connectivity index (χ1n) is 7.23. The van der Waals surface area contributed by atoms with Gasteiger partial charge in [0, 0.05) is 27.2 Å². The number of carboxylic acid groups (broad SMARTS) is 1. The molecular weight excluding hydrogens is 274 g/mol. The predicted octanol–water partition coefficient (Wildman–Crippen LogP) is 0.605. The molecule has 1 heterocycles. The minimum atomic E-state index is -1.03. The van der Waals surface area contributed by atoms with Crippen molar-refractivity contribution in [3.8, 4) is 0 Å². The number of carboxylic acids is 1. The first kappa shape index (κ1) is 17.3. The highest BCUT2D eigenvalue weighted by Crippen LogP contribution is 2.18. The number of nitrogens with one attached hydrogen (secondary N) is 1. The molecule has 0 aromatic carbocycles. The van der Waals surface area contributed by atoms with Gasteiger partial charge in [0.1, 0.15) is 6.04 Å². The summed E-state index contributed by atoms with van der Waals surface area (Å²) in [5, 5.41) is 11.7. The van der Waals surface area contributed by atoms with Crippen molar-refractivity contribution in [3.63, 3.8) is 0 Å². The Labute approximate surface area is 125 Å². The lowest BCUT2D eigenvalue weighted by molar-refractivity contribution is -0.144. The lowest BCUT2D eigenvalue weighted by Gasteiger charge is -2.34. The van der Waals surface area contributed by atoms with Crippen molar-refractivity contribution in [2.24, 2.45) is 11.8 Å². The Kier molecular flexibility index (Phi) is 5.99. The van der Waals surface area contributed by atoms with E-state index in [4.69, 9.17) is 5.11 Å². The summed E-state index contributed by atoms with van der Waals surface area (Å²) in [6, 6.07) is -1.01. The number of rotatable bonds is 4. The standard InChI is InChI=1S/C14H25N3O4/c1-9(2)11(13(19)20)15-12(18)10-6-5-7-17(8-10)14(21)16(3)4/h9-11H,5-8H2,1-4H3,(H,15,18)(H,19,20). The summed E-state index contributed by atoms with van der Waals surface area (Å²) in [5.74, 6) is -1.85. The molecule has 2 N–H and O–H groups in total. The Hall–Kier alpha value is -1.79. The van der Waals surface area contributed by atoms with Crippen molar-refractivity contribution in [2.75, 3.05) is 27.2 Å². The van der Waals surface area contributed by atoms with Crippen LogP contribution in [0.5, 0.6) is 0 Å². The third-order valence-electron chi connectivity index (χ3n) is 3.68.